The van der Waals surface area contributed by atoms with Gasteiger partial charge in [-0.25, -0.2) is 15.0 Å². The molecule has 0 radical (unpaired) electrons. The maximum absolute atomic E-state index is 5.32. The van der Waals surface area contributed by atoms with Crippen molar-refractivity contribution in [3.63, 3.8) is 0 Å². The number of aromatic nitrogens is 3. The summed E-state index contributed by atoms with van der Waals surface area (Å²) in [6.45, 7) is 0. The fourth-order valence-electron chi connectivity index (χ4n) is 6.99. The van der Waals surface area contributed by atoms with Crippen LogP contribution in [0.3, 0.4) is 0 Å². The molecular formula is C45H27N3S2. The van der Waals surface area contributed by atoms with E-state index < -0.39 is 0 Å². The molecule has 50 heavy (non-hydrogen) atoms. The minimum atomic E-state index is 0.652. The first-order valence-electron chi connectivity index (χ1n) is 16.6. The Bertz CT molecular complexity index is 2740. The lowest BCUT2D eigenvalue weighted by Gasteiger charge is -2.14. The first kappa shape index (κ1) is 29.0. The Morgan fingerprint density at radius 2 is 0.760 bits per heavy atom. The minimum Gasteiger partial charge on any atom is -0.208 e. The normalized spacial score (nSPS) is 11.6. The smallest absolute Gasteiger partial charge is 0.165 e. The molecule has 0 saturated carbocycles. The van der Waals surface area contributed by atoms with E-state index in [9.17, 15) is 0 Å². The van der Waals surface area contributed by atoms with E-state index in [0.717, 1.165) is 33.4 Å². The predicted octanol–water partition coefficient (Wildman–Crippen LogP) is 12.9. The lowest BCUT2D eigenvalue weighted by molar-refractivity contribution is 1.08. The SMILES string of the molecule is c1ccc(-c2ccc(-c3nc(-c4cccc5c4sc4ccccc45)nc(-c4cccc5c4sc4ccccc45)n3)c(-c3ccccc3)c2)cc1. The number of benzene rings is 7. The number of thiophene rings is 2. The number of hydrogen-bond donors (Lipinski definition) is 0. The molecule has 0 atom stereocenters. The number of rotatable bonds is 5. The van der Waals surface area contributed by atoms with Gasteiger partial charge in [0.05, 0.1) is 0 Å². The molecule has 0 amide bonds. The third kappa shape index (κ3) is 4.82. The second-order valence-electron chi connectivity index (χ2n) is 12.4. The van der Waals surface area contributed by atoms with E-state index in [4.69, 9.17) is 15.0 Å². The van der Waals surface area contributed by atoms with Gasteiger partial charge in [0.2, 0.25) is 0 Å². The van der Waals surface area contributed by atoms with Crippen LogP contribution in [0.4, 0.5) is 0 Å². The molecule has 0 spiro atoms. The van der Waals surface area contributed by atoms with Crippen molar-refractivity contribution in [2.45, 2.75) is 0 Å². The maximum Gasteiger partial charge on any atom is 0.165 e. The lowest BCUT2D eigenvalue weighted by Crippen LogP contribution is -2.01. The van der Waals surface area contributed by atoms with Gasteiger partial charge in [0, 0.05) is 57.0 Å². The van der Waals surface area contributed by atoms with Crippen LogP contribution in [-0.4, -0.2) is 15.0 Å². The maximum atomic E-state index is 5.32. The Morgan fingerprint density at radius 3 is 1.32 bits per heavy atom. The van der Waals surface area contributed by atoms with Crippen molar-refractivity contribution >= 4 is 63.0 Å². The molecule has 0 N–H and O–H groups in total. The Hall–Kier alpha value is -6.01. The third-order valence-electron chi connectivity index (χ3n) is 9.38. The van der Waals surface area contributed by atoms with Gasteiger partial charge in [0.1, 0.15) is 0 Å². The molecule has 0 bridgehead atoms. The number of hydrogen-bond acceptors (Lipinski definition) is 5. The van der Waals surface area contributed by atoms with E-state index in [1.807, 2.05) is 0 Å². The molecule has 0 aliphatic heterocycles. The van der Waals surface area contributed by atoms with Crippen LogP contribution in [-0.2, 0) is 0 Å². The summed E-state index contributed by atoms with van der Waals surface area (Å²) in [4.78, 5) is 15.9. The van der Waals surface area contributed by atoms with Crippen molar-refractivity contribution in [3.05, 3.63) is 164 Å². The Balaban J connectivity index is 1.26. The summed E-state index contributed by atoms with van der Waals surface area (Å²) in [5.74, 6) is 2.00. The van der Waals surface area contributed by atoms with Crippen molar-refractivity contribution in [3.8, 4) is 56.4 Å². The molecule has 234 valence electrons. The van der Waals surface area contributed by atoms with Gasteiger partial charge in [-0.3, -0.25) is 0 Å². The van der Waals surface area contributed by atoms with Crippen molar-refractivity contribution < 1.29 is 0 Å². The van der Waals surface area contributed by atoms with E-state index in [1.54, 1.807) is 22.7 Å². The van der Waals surface area contributed by atoms with Crippen LogP contribution in [0.25, 0.3) is 96.8 Å². The summed E-state index contributed by atoms with van der Waals surface area (Å²) in [6, 6.07) is 57.8. The summed E-state index contributed by atoms with van der Waals surface area (Å²) in [5, 5.41) is 4.94. The van der Waals surface area contributed by atoms with E-state index >= 15 is 0 Å². The van der Waals surface area contributed by atoms with Gasteiger partial charge in [0.15, 0.2) is 17.5 Å². The molecule has 0 aliphatic rings. The summed E-state index contributed by atoms with van der Waals surface area (Å²) in [5.41, 5.74) is 7.50. The van der Waals surface area contributed by atoms with E-state index in [0.29, 0.717) is 17.5 Å². The first-order chi connectivity index (χ1) is 24.8. The van der Waals surface area contributed by atoms with Crippen molar-refractivity contribution in [1.82, 2.24) is 15.0 Å². The molecule has 5 heteroatoms. The highest BCUT2D eigenvalue weighted by Crippen LogP contribution is 2.43. The van der Waals surface area contributed by atoms with Crippen molar-refractivity contribution in [2.75, 3.05) is 0 Å². The van der Waals surface area contributed by atoms with Crippen LogP contribution in [0.15, 0.2) is 164 Å². The molecule has 10 rings (SSSR count). The van der Waals surface area contributed by atoms with Crippen LogP contribution >= 0.6 is 22.7 Å². The second-order valence-corrected chi connectivity index (χ2v) is 14.5. The number of nitrogens with zero attached hydrogens (tertiary/aromatic N) is 3. The van der Waals surface area contributed by atoms with E-state index in [-0.39, 0.29) is 0 Å². The molecule has 0 saturated heterocycles. The zero-order valence-electron chi connectivity index (χ0n) is 26.7. The molecule has 0 unspecified atom stereocenters. The highest BCUT2D eigenvalue weighted by atomic mass is 32.1. The largest absolute Gasteiger partial charge is 0.208 e. The van der Waals surface area contributed by atoms with Gasteiger partial charge < -0.3 is 0 Å². The van der Waals surface area contributed by atoms with Gasteiger partial charge in [-0.2, -0.15) is 0 Å². The van der Waals surface area contributed by atoms with Gasteiger partial charge in [0.25, 0.3) is 0 Å². The van der Waals surface area contributed by atoms with Gasteiger partial charge in [-0.15, -0.1) is 22.7 Å². The van der Waals surface area contributed by atoms with Gasteiger partial charge in [-0.1, -0.05) is 127 Å². The molecule has 3 nitrogen and oxygen atoms in total. The summed E-state index contributed by atoms with van der Waals surface area (Å²) < 4.78 is 4.86. The highest BCUT2D eigenvalue weighted by Gasteiger charge is 2.20. The van der Waals surface area contributed by atoms with E-state index in [1.165, 1.54) is 45.9 Å². The van der Waals surface area contributed by atoms with Crippen molar-refractivity contribution in [2.24, 2.45) is 0 Å². The molecule has 3 aromatic heterocycles. The fourth-order valence-corrected chi connectivity index (χ4v) is 9.41. The van der Waals surface area contributed by atoms with Gasteiger partial charge >= 0.3 is 0 Å². The Kier molecular flexibility index (Phi) is 6.86. The predicted molar refractivity (Wildman–Crippen MR) is 213 cm³/mol. The van der Waals surface area contributed by atoms with E-state index in [2.05, 4.69) is 164 Å². The molecular weight excluding hydrogens is 647 g/mol. The van der Waals surface area contributed by atoms with Crippen molar-refractivity contribution in [1.29, 1.82) is 0 Å². The monoisotopic (exact) mass is 673 g/mol. The second kappa shape index (κ2) is 11.8. The van der Waals surface area contributed by atoms with Crippen LogP contribution in [0, 0.1) is 0 Å². The van der Waals surface area contributed by atoms with Crippen LogP contribution in [0.2, 0.25) is 0 Å². The molecule has 0 aliphatic carbocycles. The average Bonchev–Trinajstić information content (AvgIpc) is 3.77. The van der Waals surface area contributed by atoms with Gasteiger partial charge in [-0.05, 0) is 58.7 Å². The summed E-state index contributed by atoms with van der Waals surface area (Å²) in [7, 11) is 0. The highest BCUT2D eigenvalue weighted by molar-refractivity contribution is 7.26. The Morgan fingerprint density at radius 1 is 0.300 bits per heavy atom. The standard InChI is InChI=1S/C45H27N3S2/c1-3-13-28(14-4-1)30-25-26-35(38(27-30)29-15-5-2-6-16-29)43-46-44(36-21-11-19-33-31-17-7-9-23-39(31)49-41(33)36)48-45(47-43)37-22-12-20-34-32-18-8-10-24-40(32)50-42(34)37/h1-27H. The zero-order valence-corrected chi connectivity index (χ0v) is 28.4. The summed E-state index contributed by atoms with van der Waals surface area (Å²) >= 11 is 3.59. The van der Waals surface area contributed by atoms with Crippen LogP contribution in [0.1, 0.15) is 0 Å². The number of fused-ring (bicyclic) bond motifs is 6. The quantitative estimate of drug-likeness (QED) is 0.182. The molecule has 7 aromatic carbocycles. The minimum absolute atomic E-state index is 0.652. The summed E-state index contributed by atoms with van der Waals surface area (Å²) in [6.07, 6.45) is 0. The fraction of sp³-hybridized carbons (Fsp3) is 0. The molecule has 10 aromatic rings. The average molecular weight is 674 g/mol. The lowest BCUT2D eigenvalue weighted by atomic mass is 9.94. The van der Waals surface area contributed by atoms with Crippen LogP contribution in [0.5, 0.6) is 0 Å². The third-order valence-corrected chi connectivity index (χ3v) is 11.8. The molecule has 3 heterocycles. The molecule has 0 fully saturated rings. The van der Waals surface area contributed by atoms with Crippen LogP contribution < -0.4 is 0 Å². The Labute approximate surface area is 296 Å². The topological polar surface area (TPSA) is 38.7 Å². The zero-order chi connectivity index (χ0) is 33.0. The first-order valence-corrected chi connectivity index (χ1v) is 18.2.